The molecule has 4 heteroatoms. The van der Waals surface area contributed by atoms with E-state index in [2.05, 4.69) is 0 Å². The van der Waals surface area contributed by atoms with Crippen molar-refractivity contribution >= 4 is 16.9 Å². The van der Waals surface area contributed by atoms with Crippen LogP contribution >= 0.6 is 0 Å². The fourth-order valence-electron chi connectivity index (χ4n) is 2.12. The van der Waals surface area contributed by atoms with E-state index in [1.54, 1.807) is 19.1 Å². The van der Waals surface area contributed by atoms with Crippen molar-refractivity contribution in [2.45, 2.75) is 19.6 Å². The van der Waals surface area contributed by atoms with Crippen molar-refractivity contribution in [2.24, 2.45) is 0 Å². The minimum absolute atomic E-state index is 0.0933. The molecule has 112 valence electrons. The summed E-state index contributed by atoms with van der Waals surface area (Å²) < 4.78 is 16.4. The van der Waals surface area contributed by atoms with Gasteiger partial charge in [-0.1, -0.05) is 36.4 Å². The van der Waals surface area contributed by atoms with Gasteiger partial charge < -0.3 is 13.9 Å². The first-order valence-electron chi connectivity index (χ1n) is 7.08. The van der Waals surface area contributed by atoms with Crippen molar-refractivity contribution < 1.29 is 18.7 Å². The van der Waals surface area contributed by atoms with Gasteiger partial charge in [0, 0.05) is 5.39 Å². The minimum atomic E-state index is -0.674. The van der Waals surface area contributed by atoms with Crippen LogP contribution in [0.15, 0.2) is 65.1 Å². The van der Waals surface area contributed by atoms with E-state index in [0.29, 0.717) is 11.5 Å². The van der Waals surface area contributed by atoms with Crippen LogP contribution in [-0.2, 0) is 16.1 Å². The summed E-state index contributed by atoms with van der Waals surface area (Å²) >= 11 is 0. The Morgan fingerprint density at radius 1 is 1.09 bits per heavy atom. The Hall–Kier alpha value is -2.75. The van der Waals surface area contributed by atoms with E-state index in [-0.39, 0.29) is 6.61 Å². The number of fused-ring (bicyclic) bond motifs is 1. The van der Waals surface area contributed by atoms with Crippen LogP contribution in [0.2, 0.25) is 0 Å². The highest BCUT2D eigenvalue weighted by Gasteiger charge is 2.17. The lowest BCUT2D eigenvalue weighted by molar-refractivity contribution is -0.152. The van der Waals surface area contributed by atoms with Gasteiger partial charge in [0.2, 0.25) is 0 Å². The topological polar surface area (TPSA) is 48.7 Å². The van der Waals surface area contributed by atoms with Gasteiger partial charge in [0.15, 0.2) is 6.10 Å². The standard InChI is InChI=1S/C18H16O4/c1-13(21-15-8-3-2-4-9-15)18(19)20-12-16-11-14-7-5-6-10-17(14)22-16/h2-11,13H,12H2,1H3. The lowest BCUT2D eigenvalue weighted by Crippen LogP contribution is -2.25. The van der Waals surface area contributed by atoms with E-state index >= 15 is 0 Å². The average molecular weight is 296 g/mol. The highest BCUT2D eigenvalue weighted by atomic mass is 16.6. The van der Waals surface area contributed by atoms with Crippen LogP contribution < -0.4 is 4.74 Å². The molecule has 0 amide bonds. The molecular weight excluding hydrogens is 280 g/mol. The van der Waals surface area contributed by atoms with Crippen molar-refractivity contribution in [3.63, 3.8) is 0 Å². The molecule has 0 aliphatic carbocycles. The molecule has 0 fully saturated rings. The summed E-state index contributed by atoms with van der Waals surface area (Å²) in [7, 11) is 0. The van der Waals surface area contributed by atoms with Crippen molar-refractivity contribution in [3.8, 4) is 5.75 Å². The molecule has 0 N–H and O–H groups in total. The number of carbonyl (C=O) groups excluding carboxylic acids is 1. The van der Waals surface area contributed by atoms with Crippen LogP contribution in [0.5, 0.6) is 5.75 Å². The highest BCUT2D eigenvalue weighted by molar-refractivity contribution is 5.78. The summed E-state index contributed by atoms with van der Waals surface area (Å²) in [4.78, 5) is 11.9. The third-order valence-electron chi connectivity index (χ3n) is 3.22. The lowest BCUT2D eigenvalue weighted by atomic mass is 10.2. The Kier molecular flexibility index (Phi) is 4.10. The Bertz CT molecular complexity index is 728. The van der Waals surface area contributed by atoms with Gasteiger partial charge in [-0.2, -0.15) is 0 Å². The van der Waals surface area contributed by atoms with Crippen LogP contribution in [-0.4, -0.2) is 12.1 Å². The molecule has 3 aromatic rings. The number of carbonyl (C=O) groups is 1. The quantitative estimate of drug-likeness (QED) is 0.669. The van der Waals surface area contributed by atoms with Gasteiger partial charge in [-0.3, -0.25) is 0 Å². The summed E-state index contributed by atoms with van der Waals surface area (Å²) in [6, 6.07) is 18.7. The molecule has 0 saturated carbocycles. The van der Waals surface area contributed by atoms with Gasteiger partial charge in [-0.05, 0) is 31.2 Å². The number of rotatable bonds is 5. The minimum Gasteiger partial charge on any atom is -0.479 e. The van der Waals surface area contributed by atoms with Crippen molar-refractivity contribution in [1.29, 1.82) is 0 Å². The number of ether oxygens (including phenoxy) is 2. The Balaban J connectivity index is 1.57. The number of benzene rings is 2. The zero-order chi connectivity index (χ0) is 15.4. The van der Waals surface area contributed by atoms with Crippen LogP contribution in [0.1, 0.15) is 12.7 Å². The van der Waals surface area contributed by atoms with E-state index in [1.807, 2.05) is 48.5 Å². The number of hydrogen-bond acceptors (Lipinski definition) is 4. The maximum atomic E-state index is 11.9. The SMILES string of the molecule is CC(Oc1ccccc1)C(=O)OCc1cc2ccccc2o1. The van der Waals surface area contributed by atoms with E-state index < -0.39 is 12.1 Å². The maximum Gasteiger partial charge on any atom is 0.347 e. The Morgan fingerprint density at radius 2 is 1.82 bits per heavy atom. The van der Waals surface area contributed by atoms with Crippen LogP contribution in [0, 0.1) is 0 Å². The van der Waals surface area contributed by atoms with Crippen molar-refractivity contribution in [1.82, 2.24) is 0 Å². The fourth-order valence-corrected chi connectivity index (χ4v) is 2.12. The molecule has 1 unspecified atom stereocenters. The zero-order valence-corrected chi connectivity index (χ0v) is 12.2. The van der Waals surface area contributed by atoms with Crippen molar-refractivity contribution in [3.05, 3.63) is 66.4 Å². The Morgan fingerprint density at radius 3 is 2.59 bits per heavy atom. The molecule has 0 spiro atoms. The second kappa shape index (κ2) is 6.35. The number of para-hydroxylation sites is 2. The van der Waals surface area contributed by atoms with Crippen molar-refractivity contribution in [2.75, 3.05) is 0 Å². The van der Waals surface area contributed by atoms with E-state index in [0.717, 1.165) is 11.0 Å². The molecule has 0 aliphatic rings. The monoisotopic (exact) mass is 296 g/mol. The first kappa shape index (κ1) is 14.2. The molecule has 1 atom stereocenters. The predicted molar refractivity (Wildman–Crippen MR) is 82.5 cm³/mol. The largest absolute Gasteiger partial charge is 0.479 e. The van der Waals surface area contributed by atoms with E-state index in [4.69, 9.17) is 13.9 Å². The molecule has 4 nitrogen and oxygen atoms in total. The van der Waals surface area contributed by atoms with Gasteiger partial charge in [-0.25, -0.2) is 4.79 Å². The maximum absolute atomic E-state index is 11.9. The molecule has 22 heavy (non-hydrogen) atoms. The first-order chi connectivity index (χ1) is 10.7. The number of furan rings is 1. The smallest absolute Gasteiger partial charge is 0.347 e. The van der Waals surface area contributed by atoms with Gasteiger partial charge in [0.1, 0.15) is 23.7 Å². The molecule has 3 rings (SSSR count). The molecule has 0 aliphatic heterocycles. The molecule has 0 bridgehead atoms. The lowest BCUT2D eigenvalue weighted by Gasteiger charge is -2.13. The molecule has 0 saturated heterocycles. The first-order valence-corrected chi connectivity index (χ1v) is 7.08. The normalized spacial score (nSPS) is 12.0. The Labute approximate surface area is 128 Å². The third-order valence-corrected chi connectivity index (χ3v) is 3.22. The van der Waals surface area contributed by atoms with Gasteiger partial charge in [-0.15, -0.1) is 0 Å². The van der Waals surface area contributed by atoms with E-state index in [1.165, 1.54) is 0 Å². The summed E-state index contributed by atoms with van der Waals surface area (Å²) in [5, 5.41) is 0.988. The van der Waals surface area contributed by atoms with Gasteiger partial charge >= 0.3 is 5.97 Å². The second-order valence-corrected chi connectivity index (χ2v) is 4.93. The summed E-state index contributed by atoms with van der Waals surface area (Å²) in [5.41, 5.74) is 0.780. The van der Waals surface area contributed by atoms with Crippen LogP contribution in [0.4, 0.5) is 0 Å². The summed E-state index contributed by atoms with van der Waals surface area (Å²) in [6.07, 6.45) is -0.674. The predicted octanol–water partition coefficient (Wildman–Crippen LogP) is 3.94. The average Bonchev–Trinajstić information content (AvgIpc) is 2.96. The summed E-state index contributed by atoms with van der Waals surface area (Å²) in [5.74, 6) is 0.821. The van der Waals surface area contributed by atoms with E-state index in [9.17, 15) is 4.79 Å². The summed E-state index contributed by atoms with van der Waals surface area (Å²) in [6.45, 7) is 1.75. The zero-order valence-electron chi connectivity index (χ0n) is 12.2. The number of esters is 1. The van der Waals surface area contributed by atoms with Crippen LogP contribution in [0.3, 0.4) is 0 Å². The van der Waals surface area contributed by atoms with Gasteiger partial charge in [0.25, 0.3) is 0 Å². The molecule has 1 heterocycles. The molecule has 1 aromatic heterocycles. The molecule has 2 aromatic carbocycles. The third kappa shape index (κ3) is 3.28. The fraction of sp³-hybridized carbons (Fsp3) is 0.167. The van der Waals surface area contributed by atoms with Crippen LogP contribution in [0.25, 0.3) is 11.0 Å². The highest BCUT2D eigenvalue weighted by Crippen LogP contribution is 2.19. The van der Waals surface area contributed by atoms with Gasteiger partial charge in [0.05, 0.1) is 0 Å². The second-order valence-electron chi connectivity index (χ2n) is 4.93. The molecule has 0 radical (unpaired) electrons. The molecular formula is C18H16O4. The number of hydrogen-bond donors (Lipinski definition) is 0.